The molecule has 1 aromatic heterocycles. The molecule has 166 valence electrons. The lowest BCUT2D eigenvalue weighted by atomic mass is 10.0. The molecule has 6 heteroatoms. The Bertz CT molecular complexity index is 1020. The van der Waals surface area contributed by atoms with Crippen LogP contribution in [0, 0.1) is 0 Å². The first-order chi connectivity index (χ1) is 14.5. The first-order valence-electron chi connectivity index (χ1n) is 10.7. The van der Waals surface area contributed by atoms with Gasteiger partial charge in [-0.15, -0.1) is 0 Å². The lowest BCUT2D eigenvalue weighted by Gasteiger charge is -2.36. The number of nitrogens with two attached hydrogens (primary N) is 1. The third-order valence-corrected chi connectivity index (χ3v) is 10.7. The number of anilines is 1. The topological polar surface area (TPSA) is 62.3 Å². The van der Waals surface area contributed by atoms with Gasteiger partial charge in [0.05, 0.1) is 12.8 Å². The average molecular weight is 438 g/mol. The highest BCUT2D eigenvalue weighted by molar-refractivity contribution is 6.74. The number of hydrogen-bond acceptors (Lipinski definition) is 4. The second-order valence-corrected chi connectivity index (χ2v) is 14.4. The summed E-state index contributed by atoms with van der Waals surface area (Å²) in [5.41, 5.74) is 10.7. The lowest BCUT2D eigenvalue weighted by Crippen LogP contribution is -2.43. The molecular formula is C25H35N3O2Si. The standard InChI is InChI=1S/C25H35N3O2Si/c1-25(2,3)31(6,7)30-21-14-10-19(11-15-21)17-23-22(27-24(26)28(23)4)16-18-8-12-20(29-5)13-9-18/h8-15H,16-17H2,1-7H3,(H2,26,27). The quantitative estimate of drug-likeness (QED) is 0.490. The van der Waals surface area contributed by atoms with Gasteiger partial charge < -0.3 is 19.5 Å². The maximum Gasteiger partial charge on any atom is 0.250 e. The van der Waals surface area contributed by atoms with Crippen LogP contribution in [0.15, 0.2) is 48.5 Å². The molecule has 0 fully saturated rings. The summed E-state index contributed by atoms with van der Waals surface area (Å²) in [7, 11) is 1.81. The molecule has 5 nitrogen and oxygen atoms in total. The molecule has 0 aliphatic carbocycles. The van der Waals surface area contributed by atoms with E-state index < -0.39 is 8.32 Å². The van der Waals surface area contributed by atoms with Crippen LogP contribution in [0.3, 0.4) is 0 Å². The van der Waals surface area contributed by atoms with Crippen molar-refractivity contribution < 1.29 is 9.16 Å². The molecule has 3 aromatic rings. The van der Waals surface area contributed by atoms with Gasteiger partial charge in [0.1, 0.15) is 11.5 Å². The Morgan fingerprint density at radius 1 is 0.903 bits per heavy atom. The lowest BCUT2D eigenvalue weighted by molar-refractivity contribution is 0.414. The minimum Gasteiger partial charge on any atom is -0.544 e. The summed E-state index contributed by atoms with van der Waals surface area (Å²) in [5, 5.41) is 0.175. The van der Waals surface area contributed by atoms with E-state index >= 15 is 0 Å². The smallest absolute Gasteiger partial charge is 0.250 e. The number of imidazole rings is 1. The van der Waals surface area contributed by atoms with Crippen molar-refractivity contribution in [3.05, 3.63) is 71.0 Å². The number of rotatable bonds is 7. The van der Waals surface area contributed by atoms with E-state index in [1.165, 1.54) is 11.1 Å². The predicted octanol–water partition coefficient (Wildman–Crippen LogP) is 5.58. The van der Waals surface area contributed by atoms with Gasteiger partial charge in [0, 0.05) is 25.6 Å². The van der Waals surface area contributed by atoms with Gasteiger partial charge >= 0.3 is 0 Å². The molecule has 2 aromatic carbocycles. The predicted molar refractivity (Wildman–Crippen MR) is 130 cm³/mol. The van der Waals surface area contributed by atoms with Crippen LogP contribution in [0.4, 0.5) is 5.95 Å². The monoisotopic (exact) mass is 437 g/mol. The van der Waals surface area contributed by atoms with E-state index in [0.29, 0.717) is 5.95 Å². The van der Waals surface area contributed by atoms with Crippen LogP contribution in [0.25, 0.3) is 0 Å². The summed E-state index contributed by atoms with van der Waals surface area (Å²) in [6, 6.07) is 16.5. The Hall–Kier alpha value is -2.73. The number of benzene rings is 2. The molecule has 3 rings (SSSR count). The van der Waals surface area contributed by atoms with Crippen molar-refractivity contribution in [2.75, 3.05) is 12.8 Å². The molecular weight excluding hydrogens is 402 g/mol. The molecule has 0 spiro atoms. The highest BCUT2D eigenvalue weighted by Gasteiger charge is 2.38. The number of ether oxygens (including phenoxy) is 1. The summed E-state index contributed by atoms with van der Waals surface area (Å²) >= 11 is 0. The van der Waals surface area contributed by atoms with E-state index in [2.05, 4.69) is 75.2 Å². The zero-order valence-electron chi connectivity index (χ0n) is 19.8. The van der Waals surface area contributed by atoms with Gasteiger partial charge in [-0.3, -0.25) is 0 Å². The Labute approximate surface area is 187 Å². The fraction of sp³-hybridized carbons (Fsp3) is 0.400. The van der Waals surface area contributed by atoms with Crippen molar-refractivity contribution in [1.29, 1.82) is 0 Å². The molecule has 0 atom stereocenters. The van der Waals surface area contributed by atoms with Gasteiger partial charge in [0.2, 0.25) is 8.32 Å². The molecule has 0 saturated carbocycles. The number of aromatic nitrogens is 2. The van der Waals surface area contributed by atoms with E-state index in [1.54, 1.807) is 7.11 Å². The minimum absolute atomic E-state index is 0.175. The van der Waals surface area contributed by atoms with Crippen LogP contribution in [-0.4, -0.2) is 25.0 Å². The van der Waals surface area contributed by atoms with Crippen molar-refractivity contribution in [2.24, 2.45) is 7.05 Å². The molecule has 0 aliphatic rings. The molecule has 0 bridgehead atoms. The highest BCUT2D eigenvalue weighted by Crippen LogP contribution is 2.37. The molecule has 0 radical (unpaired) electrons. The van der Waals surface area contributed by atoms with Crippen molar-refractivity contribution in [3.63, 3.8) is 0 Å². The number of hydrogen-bond donors (Lipinski definition) is 1. The van der Waals surface area contributed by atoms with Gasteiger partial charge in [0.25, 0.3) is 0 Å². The highest BCUT2D eigenvalue weighted by atomic mass is 28.4. The van der Waals surface area contributed by atoms with Crippen LogP contribution in [0.1, 0.15) is 43.3 Å². The first kappa shape index (κ1) is 22.9. The molecule has 2 N–H and O–H groups in total. The Kier molecular flexibility index (Phi) is 6.50. The molecule has 0 aliphatic heterocycles. The maximum absolute atomic E-state index is 6.41. The van der Waals surface area contributed by atoms with Crippen molar-refractivity contribution in [3.8, 4) is 11.5 Å². The number of methoxy groups -OCH3 is 1. The largest absolute Gasteiger partial charge is 0.544 e. The van der Waals surface area contributed by atoms with Crippen LogP contribution in [0.5, 0.6) is 11.5 Å². The first-order valence-corrected chi connectivity index (χ1v) is 13.6. The molecule has 0 saturated heterocycles. The van der Waals surface area contributed by atoms with Gasteiger partial charge in [-0.2, -0.15) is 0 Å². The van der Waals surface area contributed by atoms with Crippen LogP contribution in [-0.2, 0) is 19.9 Å². The summed E-state index contributed by atoms with van der Waals surface area (Å²) in [6.07, 6.45) is 1.50. The third kappa shape index (κ3) is 5.31. The van der Waals surface area contributed by atoms with E-state index in [9.17, 15) is 0 Å². The van der Waals surface area contributed by atoms with Gasteiger partial charge in [-0.1, -0.05) is 45.0 Å². The normalized spacial score (nSPS) is 12.1. The summed E-state index contributed by atoms with van der Waals surface area (Å²) in [5.74, 6) is 2.33. The van der Waals surface area contributed by atoms with Gasteiger partial charge in [0.15, 0.2) is 5.95 Å². The van der Waals surface area contributed by atoms with Gasteiger partial charge in [-0.25, -0.2) is 4.98 Å². The minimum atomic E-state index is -1.84. The van der Waals surface area contributed by atoms with Crippen LogP contribution in [0.2, 0.25) is 18.1 Å². The summed E-state index contributed by atoms with van der Waals surface area (Å²) < 4.78 is 13.7. The van der Waals surface area contributed by atoms with Crippen LogP contribution < -0.4 is 14.9 Å². The second kappa shape index (κ2) is 8.79. The molecule has 0 unspecified atom stereocenters. The zero-order chi connectivity index (χ0) is 22.8. The Morgan fingerprint density at radius 3 is 1.94 bits per heavy atom. The van der Waals surface area contributed by atoms with E-state index in [4.69, 9.17) is 14.9 Å². The molecule has 31 heavy (non-hydrogen) atoms. The van der Waals surface area contributed by atoms with E-state index in [0.717, 1.165) is 35.7 Å². The Morgan fingerprint density at radius 2 is 1.42 bits per heavy atom. The van der Waals surface area contributed by atoms with Crippen LogP contribution >= 0.6 is 0 Å². The van der Waals surface area contributed by atoms with Crippen molar-refractivity contribution in [1.82, 2.24) is 9.55 Å². The fourth-order valence-electron chi connectivity index (χ4n) is 3.22. The summed E-state index contributed by atoms with van der Waals surface area (Å²) in [6.45, 7) is 11.3. The van der Waals surface area contributed by atoms with E-state index in [1.807, 2.05) is 23.7 Å². The molecule has 0 amide bonds. The fourth-order valence-corrected chi connectivity index (χ4v) is 4.26. The SMILES string of the molecule is COc1ccc(Cc2nc(N)n(C)c2Cc2ccc(O[Si](C)(C)C(C)(C)C)cc2)cc1. The third-order valence-electron chi connectivity index (χ3n) is 6.34. The van der Waals surface area contributed by atoms with Crippen molar-refractivity contribution in [2.45, 2.75) is 51.7 Å². The van der Waals surface area contributed by atoms with E-state index in [-0.39, 0.29) is 5.04 Å². The Balaban J connectivity index is 1.78. The zero-order valence-corrected chi connectivity index (χ0v) is 20.8. The number of nitrogen functional groups attached to an aromatic ring is 1. The second-order valence-electron chi connectivity index (χ2n) is 9.63. The number of nitrogens with zero attached hydrogens (tertiary/aromatic N) is 2. The maximum atomic E-state index is 6.41. The van der Waals surface area contributed by atoms with Crippen molar-refractivity contribution >= 4 is 14.3 Å². The summed E-state index contributed by atoms with van der Waals surface area (Å²) in [4.78, 5) is 4.63. The molecule has 1 heterocycles. The average Bonchev–Trinajstić information content (AvgIpc) is 2.96. The van der Waals surface area contributed by atoms with Gasteiger partial charge in [-0.05, 0) is 53.5 Å².